The van der Waals surface area contributed by atoms with E-state index in [1.54, 1.807) is 19.2 Å². The zero-order chi connectivity index (χ0) is 14.1. The van der Waals surface area contributed by atoms with E-state index in [1.165, 1.54) is 19.3 Å². The highest BCUT2D eigenvalue weighted by atomic mass is 16.6. The summed E-state index contributed by atoms with van der Waals surface area (Å²) in [5.41, 5.74) is 1.45. The van der Waals surface area contributed by atoms with Gasteiger partial charge in [-0.05, 0) is 18.1 Å². The normalized spacial score (nSPS) is 10.4. The molecule has 0 fully saturated rings. The zero-order valence-electron chi connectivity index (χ0n) is 11.6. The number of unbranched alkanes of at least 4 members (excludes halogenated alkanes) is 3. The Labute approximate surface area is 114 Å². The Hall–Kier alpha value is -1.62. The summed E-state index contributed by atoms with van der Waals surface area (Å²) in [5, 5.41) is 13.7. The molecule has 0 atom stereocenters. The van der Waals surface area contributed by atoms with E-state index in [1.807, 2.05) is 6.07 Å². The lowest BCUT2D eigenvalue weighted by Gasteiger charge is -2.06. The van der Waals surface area contributed by atoms with Crippen molar-refractivity contribution in [3.63, 3.8) is 0 Å². The first kappa shape index (κ1) is 15.4. The van der Waals surface area contributed by atoms with E-state index < -0.39 is 0 Å². The van der Waals surface area contributed by atoms with Crippen LogP contribution in [0.15, 0.2) is 18.2 Å². The molecule has 1 rings (SSSR count). The van der Waals surface area contributed by atoms with Crippen molar-refractivity contribution in [3.05, 3.63) is 33.9 Å². The molecule has 0 aliphatic carbocycles. The molecule has 0 unspecified atom stereocenters. The van der Waals surface area contributed by atoms with Crippen LogP contribution in [0.3, 0.4) is 0 Å². The summed E-state index contributed by atoms with van der Waals surface area (Å²) in [4.78, 5) is 10.5. The van der Waals surface area contributed by atoms with Gasteiger partial charge >= 0.3 is 0 Å². The minimum atomic E-state index is -0.378. The molecular weight excluding hydrogens is 244 g/mol. The predicted molar refractivity (Wildman–Crippen MR) is 76.4 cm³/mol. The number of anilines is 1. The van der Waals surface area contributed by atoms with Crippen LogP contribution in [0.4, 0.5) is 11.4 Å². The van der Waals surface area contributed by atoms with Crippen LogP contribution in [0.25, 0.3) is 0 Å². The van der Waals surface area contributed by atoms with Gasteiger partial charge in [0.15, 0.2) is 0 Å². The lowest BCUT2D eigenvalue weighted by Crippen LogP contribution is -2.00. The molecule has 5 heteroatoms. The second-order valence-electron chi connectivity index (χ2n) is 4.47. The van der Waals surface area contributed by atoms with Crippen LogP contribution in [-0.2, 0) is 11.3 Å². The topological polar surface area (TPSA) is 64.4 Å². The summed E-state index contributed by atoms with van der Waals surface area (Å²) < 4.78 is 5.53. The van der Waals surface area contributed by atoms with Crippen LogP contribution in [0, 0.1) is 10.1 Å². The highest BCUT2D eigenvalue weighted by molar-refractivity contribution is 5.62. The van der Waals surface area contributed by atoms with Gasteiger partial charge in [-0.1, -0.05) is 32.3 Å². The molecule has 0 aliphatic heterocycles. The third kappa shape index (κ3) is 5.26. The summed E-state index contributed by atoms with van der Waals surface area (Å²) in [6.45, 7) is 3.31. The van der Waals surface area contributed by atoms with Gasteiger partial charge in [0.2, 0.25) is 0 Å². The number of nitro benzene ring substituents is 1. The van der Waals surface area contributed by atoms with E-state index in [4.69, 9.17) is 4.74 Å². The van der Waals surface area contributed by atoms with Crippen molar-refractivity contribution in [2.75, 3.05) is 19.0 Å². The fourth-order valence-corrected chi connectivity index (χ4v) is 1.85. The molecule has 0 aromatic heterocycles. The van der Waals surface area contributed by atoms with Gasteiger partial charge in [-0.3, -0.25) is 10.1 Å². The van der Waals surface area contributed by atoms with Crippen LogP contribution >= 0.6 is 0 Å². The van der Waals surface area contributed by atoms with Crippen LogP contribution in [0.2, 0.25) is 0 Å². The van der Waals surface area contributed by atoms with Gasteiger partial charge in [0.05, 0.1) is 11.5 Å². The minimum absolute atomic E-state index is 0.0922. The van der Waals surface area contributed by atoms with Crippen molar-refractivity contribution >= 4 is 11.4 Å². The molecule has 0 radical (unpaired) electrons. The minimum Gasteiger partial charge on any atom is -0.383 e. The molecule has 1 aromatic carbocycles. The first-order valence-corrected chi connectivity index (χ1v) is 6.71. The predicted octanol–water partition coefficient (Wildman–Crippen LogP) is 3.73. The van der Waals surface area contributed by atoms with Crippen LogP contribution in [-0.4, -0.2) is 18.6 Å². The largest absolute Gasteiger partial charge is 0.383 e. The molecular formula is C14H22N2O3. The van der Waals surface area contributed by atoms with Gasteiger partial charge in [-0.2, -0.15) is 0 Å². The fourth-order valence-electron chi connectivity index (χ4n) is 1.85. The van der Waals surface area contributed by atoms with E-state index in [-0.39, 0.29) is 10.6 Å². The maximum atomic E-state index is 10.9. The summed E-state index contributed by atoms with van der Waals surface area (Å²) >= 11 is 0. The van der Waals surface area contributed by atoms with E-state index in [2.05, 4.69) is 12.2 Å². The second kappa shape index (κ2) is 8.48. The second-order valence-corrected chi connectivity index (χ2v) is 4.47. The number of nitro groups is 1. The van der Waals surface area contributed by atoms with Crippen molar-refractivity contribution in [1.82, 2.24) is 0 Å². The van der Waals surface area contributed by atoms with Crippen LogP contribution in [0.1, 0.15) is 38.2 Å². The Morgan fingerprint density at radius 1 is 1.32 bits per heavy atom. The third-order valence-corrected chi connectivity index (χ3v) is 2.94. The summed E-state index contributed by atoms with van der Waals surface area (Å²) in [7, 11) is 1.67. The molecule has 1 N–H and O–H groups in total. The fraction of sp³-hybridized carbons (Fsp3) is 0.571. The number of rotatable bonds is 9. The molecule has 0 heterocycles. The lowest BCUT2D eigenvalue weighted by atomic mass is 10.2. The smallest absolute Gasteiger partial charge is 0.292 e. The van der Waals surface area contributed by atoms with Gasteiger partial charge < -0.3 is 10.1 Å². The summed E-state index contributed by atoms with van der Waals surface area (Å²) in [6, 6.07) is 5.14. The Morgan fingerprint density at radius 2 is 2.11 bits per heavy atom. The first-order chi connectivity index (χ1) is 9.19. The maximum Gasteiger partial charge on any atom is 0.292 e. The summed E-state index contributed by atoms with van der Waals surface area (Å²) in [5.74, 6) is 0. The molecule has 5 nitrogen and oxygen atoms in total. The van der Waals surface area contributed by atoms with Crippen molar-refractivity contribution in [2.45, 2.75) is 39.2 Å². The Kier molecular flexibility index (Phi) is 6.89. The van der Waals surface area contributed by atoms with Gasteiger partial charge in [-0.15, -0.1) is 0 Å². The first-order valence-electron chi connectivity index (χ1n) is 6.71. The zero-order valence-corrected chi connectivity index (χ0v) is 11.6. The Balaban J connectivity index is 2.46. The standard InChI is InChI=1S/C14H22N2O3/c1-3-4-5-6-9-19-11-12-7-8-13(15-2)14(10-12)16(17)18/h7-8,10,15H,3-6,9,11H2,1-2H3. The van der Waals surface area contributed by atoms with E-state index in [0.717, 1.165) is 12.0 Å². The van der Waals surface area contributed by atoms with Crippen LogP contribution < -0.4 is 5.32 Å². The van der Waals surface area contributed by atoms with Gasteiger partial charge in [0, 0.05) is 19.7 Å². The molecule has 106 valence electrons. The van der Waals surface area contributed by atoms with Crippen molar-refractivity contribution in [1.29, 1.82) is 0 Å². The lowest BCUT2D eigenvalue weighted by molar-refractivity contribution is -0.384. The van der Waals surface area contributed by atoms with E-state index >= 15 is 0 Å². The number of hydrogen-bond donors (Lipinski definition) is 1. The van der Waals surface area contributed by atoms with Gasteiger partial charge in [0.25, 0.3) is 5.69 Å². The average molecular weight is 266 g/mol. The average Bonchev–Trinajstić information content (AvgIpc) is 2.42. The monoisotopic (exact) mass is 266 g/mol. The van der Waals surface area contributed by atoms with Crippen molar-refractivity contribution in [3.8, 4) is 0 Å². The highest BCUT2D eigenvalue weighted by Crippen LogP contribution is 2.25. The number of nitrogens with zero attached hydrogens (tertiary/aromatic N) is 1. The molecule has 0 saturated heterocycles. The molecule has 0 saturated carbocycles. The number of ether oxygens (including phenoxy) is 1. The molecule has 0 amide bonds. The molecule has 0 bridgehead atoms. The SMILES string of the molecule is CCCCCCOCc1ccc(NC)c([N+](=O)[O-])c1. The third-order valence-electron chi connectivity index (χ3n) is 2.94. The number of benzene rings is 1. The van der Waals surface area contributed by atoms with Gasteiger partial charge in [0.1, 0.15) is 5.69 Å². The van der Waals surface area contributed by atoms with E-state index in [0.29, 0.717) is 18.9 Å². The van der Waals surface area contributed by atoms with Gasteiger partial charge in [-0.25, -0.2) is 0 Å². The van der Waals surface area contributed by atoms with E-state index in [9.17, 15) is 10.1 Å². The maximum absolute atomic E-state index is 10.9. The van der Waals surface area contributed by atoms with Crippen molar-refractivity contribution in [2.24, 2.45) is 0 Å². The number of nitrogens with one attached hydrogen (secondary N) is 1. The Bertz CT molecular complexity index is 408. The molecule has 19 heavy (non-hydrogen) atoms. The Morgan fingerprint density at radius 3 is 2.74 bits per heavy atom. The molecule has 0 aliphatic rings. The molecule has 0 spiro atoms. The van der Waals surface area contributed by atoms with Crippen LogP contribution in [0.5, 0.6) is 0 Å². The summed E-state index contributed by atoms with van der Waals surface area (Å²) in [6.07, 6.45) is 4.66. The molecule has 1 aromatic rings. The van der Waals surface area contributed by atoms with Crippen molar-refractivity contribution < 1.29 is 9.66 Å². The highest BCUT2D eigenvalue weighted by Gasteiger charge is 2.13. The quantitative estimate of drug-likeness (QED) is 0.420. The number of hydrogen-bond acceptors (Lipinski definition) is 4.